The Morgan fingerprint density at radius 2 is 2.11 bits per heavy atom. The molecule has 0 bridgehead atoms. The van der Waals surface area contributed by atoms with Crippen LogP contribution in [0.1, 0.15) is 6.42 Å². The van der Waals surface area contributed by atoms with Crippen LogP contribution < -0.4 is 0 Å². The first-order chi connectivity index (χ1) is 8.96. The van der Waals surface area contributed by atoms with Gasteiger partial charge in [0.15, 0.2) is 0 Å². The Kier molecular flexibility index (Phi) is 4.13. The van der Waals surface area contributed by atoms with Crippen molar-refractivity contribution in [3.05, 3.63) is 29.3 Å². The molecule has 1 aromatic carbocycles. The van der Waals surface area contributed by atoms with Crippen LogP contribution >= 0.6 is 11.6 Å². The molecule has 0 aromatic heterocycles. The monoisotopic (exact) mass is 303 g/mol. The first-order valence-corrected chi connectivity index (χ1v) is 7.61. The van der Waals surface area contributed by atoms with Crippen molar-refractivity contribution in [3.63, 3.8) is 0 Å². The number of ether oxygens (including phenoxy) is 1. The number of sulfonamides is 1. The average Bonchev–Trinajstić information content (AvgIpc) is 2.88. The van der Waals surface area contributed by atoms with Gasteiger partial charge in [0.05, 0.1) is 18.1 Å². The van der Waals surface area contributed by atoms with E-state index in [0.717, 1.165) is 0 Å². The lowest BCUT2D eigenvalue weighted by molar-refractivity contribution is -0.144. The first kappa shape index (κ1) is 14.3. The molecule has 5 nitrogen and oxygen atoms in total. The molecule has 19 heavy (non-hydrogen) atoms. The highest BCUT2D eigenvalue weighted by molar-refractivity contribution is 7.89. The molecule has 1 atom stereocenters. The van der Waals surface area contributed by atoms with E-state index < -0.39 is 15.9 Å². The van der Waals surface area contributed by atoms with Crippen molar-refractivity contribution >= 4 is 27.6 Å². The lowest BCUT2D eigenvalue weighted by atomic mass is 10.1. The molecule has 0 N–H and O–H groups in total. The molecule has 0 aliphatic carbocycles. The fourth-order valence-electron chi connectivity index (χ4n) is 2.10. The molecule has 2 rings (SSSR count). The molecule has 0 radical (unpaired) electrons. The maximum Gasteiger partial charge on any atom is 0.310 e. The minimum Gasteiger partial charge on any atom is -0.469 e. The van der Waals surface area contributed by atoms with Gasteiger partial charge in [-0.2, -0.15) is 4.31 Å². The van der Waals surface area contributed by atoms with Gasteiger partial charge < -0.3 is 4.74 Å². The maximum absolute atomic E-state index is 12.4. The van der Waals surface area contributed by atoms with Gasteiger partial charge in [-0.05, 0) is 18.6 Å². The van der Waals surface area contributed by atoms with E-state index in [9.17, 15) is 13.2 Å². The Balaban J connectivity index is 2.24. The van der Waals surface area contributed by atoms with E-state index in [4.69, 9.17) is 11.6 Å². The Labute approximate surface area is 117 Å². The molecular formula is C12H14ClNO4S. The minimum absolute atomic E-state index is 0.0715. The summed E-state index contributed by atoms with van der Waals surface area (Å²) in [5.41, 5.74) is 0. The fraction of sp³-hybridized carbons (Fsp3) is 0.417. The van der Waals surface area contributed by atoms with Gasteiger partial charge >= 0.3 is 5.97 Å². The van der Waals surface area contributed by atoms with Crippen LogP contribution in [0, 0.1) is 5.92 Å². The predicted octanol–water partition coefficient (Wildman–Crippen LogP) is 1.52. The van der Waals surface area contributed by atoms with Gasteiger partial charge in [-0.3, -0.25) is 4.79 Å². The van der Waals surface area contributed by atoms with Crippen molar-refractivity contribution in [1.29, 1.82) is 0 Å². The molecule has 0 amide bonds. The fourth-order valence-corrected chi connectivity index (χ4v) is 4.09. The summed E-state index contributed by atoms with van der Waals surface area (Å²) in [6.45, 7) is 0.438. The van der Waals surface area contributed by atoms with Crippen LogP contribution in [0.4, 0.5) is 0 Å². The zero-order chi connectivity index (χ0) is 14.0. The zero-order valence-electron chi connectivity index (χ0n) is 10.4. The molecule has 1 aromatic rings. The van der Waals surface area contributed by atoms with E-state index in [0.29, 0.717) is 13.0 Å². The molecule has 7 heteroatoms. The molecule has 1 heterocycles. The minimum atomic E-state index is -3.65. The number of carbonyl (C=O) groups excluding carboxylic acids is 1. The van der Waals surface area contributed by atoms with Crippen LogP contribution in [-0.2, 0) is 19.6 Å². The second kappa shape index (κ2) is 5.48. The molecule has 104 valence electrons. The summed E-state index contributed by atoms with van der Waals surface area (Å²) in [5, 5.41) is 0.184. The van der Waals surface area contributed by atoms with Crippen molar-refractivity contribution in [3.8, 4) is 0 Å². The third-order valence-corrected chi connectivity index (χ3v) is 5.50. The molecule has 0 saturated carbocycles. The maximum atomic E-state index is 12.4. The summed E-state index contributed by atoms with van der Waals surface area (Å²) in [5.74, 6) is -0.779. The number of nitrogens with zero attached hydrogens (tertiary/aromatic N) is 1. The molecular weight excluding hydrogens is 290 g/mol. The summed E-state index contributed by atoms with van der Waals surface area (Å²) in [6.07, 6.45) is 0.469. The van der Waals surface area contributed by atoms with Crippen LogP contribution in [0.25, 0.3) is 0 Å². The van der Waals surface area contributed by atoms with Gasteiger partial charge in [0.25, 0.3) is 0 Å². The number of halogens is 1. The van der Waals surface area contributed by atoms with Gasteiger partial charge in [-0.15, -0.1) is 0 Å². The van der Waals surface area contributed by atoms with Gasteiger partial charge in [0.1, 0.15) is 4.90 Å². The van der Waals surface area contributed by atoms with Crippen LogP contribution in [0.2, 0.25) is 5.02 Å². The van der Waals surface area contributed by atoms with Gasteiger partial charge in [0, 0.05) is 13.1 Å². The van der Waals surface area contributed by atoms with Crippen molar-refractivity contribution in [2.75, 3.05) is 20.2 Å². The average molecular weight is 304 g/mol. The molecule has 1 unspecified atom stereocenters. The second-order valence-electron chi connectivity index (χ2n) is 4.30. The van der Waals surface area contributed by atoms with Crippen molar-refractivity contribution < 1.29 is 17.9 Å². The van der Waals surface area contributed by atoms with E-state index in [1.165, 1.54) is 23.5 Å². The number of hydrogen-bond acceptors (Lipinski definition) is 4. The number of carbonyl (C=O) groups is 1. The van der Waals surface area contributed by atoms with E-state index in [1.807, 2.05) is 0 Å². The number of hydrogen-bond donors (Lipinski definition) is 0. The Hall–Kier alpha value is -1.11. The van der Waals surface area contributed by atoms with Crippen LogP contribution in [0.15, 0.2) is 29.2 Å². The Bertz CT molecular complexity index is 587. The summed E-state index contributed by atoms with van der Waals surface area (Å²) in [4.78, 5) is 11.5. The topological polar surface area (TPSA) is 63.7 Å². The standard InChI is InChI=1S/C12H14ClNO4S/c1-18-12(15)9-6-7-14(8-9)19(16,17)11-5-3-2-4-10(11)13/h2-5,9H,6-8H2,1H3. The molecule has 0 spiro atoms. The van der Waals surface area contributed by atoms with Crippen LogP contribution in [0.3, 0.4) is 0 Å². The van der Waals surface area contributed by atoms with Gasteiger partial charge in [0.2, 0.25) is 10.0 Å². The SMILES string of the molecule is COC(=O)C1CCN(S(=O)(=O)c2ccccc2Cl)C1. The van der Waals surface area contributed by atoms with E-state index in [-0.39, 0.29) is 22.4 Å². The Morgan fingerprint density at radius 3 is 2.74 bits per heavy atom. The number of methoxy groups -OCH3 is 1. The normalized spacial score (nSPS) is 20.4. The van der Waals surface area contributed by atoms with E-state index in [1.54, 1.807) is 12.1 Å². The lowest BCUT2D eigenvalue weighted by Gasteiger charge is -2.16. The quantitative estimate of drug-likeness (QED) is 0.794. The second-order valence-corrected chi connectivity index (χ2v) is 6.62. The number of benzene rings is 1. The number of esters is 1. The third-order valence-electron chi connectivity index (χ3n) is 3.14. The van der Waals surface area contributed by atoms with Crippen LogP contribution in [0.5, 0.6) is 0 Å². The van der Waals surface area contributed by atoms with Gasteiger partial charge in [-0.25, -0.2) is 8.42 Å². The summed E-state index contributed by atoms with van der Waals surface area (Å²) in [6, 6.07) is 6.28. The third kappa shape index (κ3) is 2.75. The van der Waals surface area contributed by atoms with Crippen molar-refractivity contribution in [2.24, 2.45) is 5.92 Å². The summed E-state index contributed by atoms with van der Waals surface area (Å²) in [7, 11) is -2.35. The smallest absolute Gasteiger partial charge is 0.310 e. The lowest BCUT2D eigenvalue weighted by Crippen LogP contribution is -2.30. The zero-order valence-corrected chi connectivity index (χ0v) is 11.9. The highest BCUT2D eigenvalue weighted by Gasteiger charge is 2.37. The van der Waals surface area contributed by atoms with Gasteiger partial charge in [-0.1, -0.05) is 23.7 Å². The molecule has 1 fully saturated rings. The van der Waals surface area contributed by atoms with Crippen LogP contribution in [-0.4, -0.2) is 38.9 Å². The van der Waals surface area contributed by atoms with E-state index >= 15 is 0 Å². The summed E-state index contributed by atoms with van der Waals surface area (Å²) < 4.78 is 30.7. The predicted molar refractivity (Wildman–Crippen MR) is 70.3 cm³/mol. The molecule has 1 aliphatic heterocycles. The highest BCUT2D eigenvalue weighted by Crippen LogP contribution is 2.28. The highest BCUT2D eigenvalue weighted by atomic mass is 35.5. The van der Waals surface area contributed by atoms with E-state index in [2.05, 4.69) is 4.74 Å². The van der Waals surface area contributed by atoms with Crippen molar-refractivity contribution in [2.45, 2.75) is 11.3 Å². The Morgan fingerprint density at radius 1 is 1.42 bits per heavy atom. The number of rotatable bonds is 3. The summed E-state index contributed by atoms with van der Waals surface area (Å²) >= 11 is 5.92. The molecule has 1 saturated heterocycles. The first-order valence-electron chi connectivity index (χ1n) is 5.79. The molecule has 1 aliphatic rings. The largest absolute Gasteiger partial charge is 0.469 e. The van der Waals surface area contributed by atoms with Crippen molar-refractivity contribution in [1.82, 2.24) is 4.31 Å².